The van der Waals surface area contributed by atoms with Crippen molar-refractivity contribution in [2.24, 2.45) is 0 Å². The molecule has 1 N–H and O–H groups in total. The molecular weight excluding hydrogens is 261 g/mol. The van der Waals surface area contributed by atoms with Crippen LogP contribution in [0.1, 0.15) is 16.1 Å². The van der Waals surface area contributed by atoms with Gasteiger partial charge in [-0.3, -0.25) is 9.78 Å². The molecule has 2 aromatic rings. The average Bonchev–Trinajstić information content (AvgIpc) is 2.45. The third-order valence-corrected chi connectivity index (χ3v) is 2.55. The first kappa shape index (κ1) is 13.9. The largest absolute Gasteiger partial charge is 0.347 e. The summed E-state index contributed by atoms with van der Waals surface area (Å²) in [6.45, 7) is 0.198. The van der Waals surface area contributed by atoms with Crippen LogP contribution in [0.15, 0.2) is 30.7 Å². The van der Waals surface area contributed by atoms with E-state index in [0.717, 1.165) is 6.20 Å². The second kappa shape index (κ2) is 6.05. The normalized spacial score (nSPS) is 10.2. The molecule has 20 heavy (non-hydrogen) atoms. The van der Waals surface area contributed by atoms with Gasteiger partial charge in [-0.25, -0.2) is 14.4 Å². The Bertz CT molecular complexity index is 617. The molecule has 0 aliphatic rings. The monoisotopic (exact) mass is 275 g/mol. The summed E-state index contributed by atoms with van der Waals surface area (Å²) in [6.07, 6.45) is 3.98. The van der Waals surface area contributed by atoms with Gasteiger partial charge in [0, 0.05) is 26.5 Å². The quantitative estimate of drug-likeness (QED) is 0.901. The molecule has 1 amide bonds. The first-order chi connectivity index (χ1) is 9.58. The van der Waals surface area contributed by atoms with Crippen molar-refractivity contribution >= 4 is 11.9 Å². The lowest BCUT2D eigenvalue weighted by Crippen LogP contribution is -2.25. The summed E-state index contributed by atoms with van der Waals surface area (Å²) in [5.74, 6) is -0.608. The molecule has 0 atom stereocenters. The van der Waals surface area contributed by atoms with Gasteiger partial charge in [0.2, 0.25) is 5.95 Å². The molecule has 2 aromatic heterocycles. The van der Waals surface area contributed by atoms with Gasteiger partial charge >= 0.3 is 0 Å². The lowest BCUT2D eigenvalue weighted by Gasteiger charge is -2.11. The standard InChI is InChI=1S/C13H14FN5O/c1-19(2)13-16-6-3-9(18-13)7-17-12(20)10-4-5-15-8-11(10)14/h3-6,8H,7H2,1-2H3,(H,17,20). The Morgan fingerprint density at radius 2 is 2.15 bits per heavy atom. The van der Waals surface area contributed by atoms with Crippen LogP contribution in [0, 0.1) is 5.82 Å². The molecule has 0 unspecified atom stereocenters. The van der Waals surface area contributed by atoms with Crippen molar-refractivity contribution in [3.05, 3.63) is 47.8 Å². The van der Waals surface area contributed by atoms with Crippen LogP contribution in [0.5, 0.6) is 0 Å². The molecule has 0 radical (unpaired) electrons. The number of hydrogen-bond acceptors (Lipinski definition) is 5. The van der Waals surface area contributed by atoms with E-state index in [0.29, 0.717) is 11.6 Å². The molecule has 0 saturated heterocycles. The number of rotatable bonds is 4. The SMILES string of the molecule is CN(C)c1nccc(CNC(=O)c2ccncc2F)n1. The van der Waals surface area contributed by atoms with Gasteiger partial charge in [0.15, 0.2) is 5.82 Å². The molecule has 0 spiro atoms. The van der Waals surface area contributed by atoms with E-state index in [2.05, 4.69) is 20.3 Å². The van der Waals surface area contributed by atoms with Crippen LogP contribution in [0.2, 0.25) is 0 Å². The van der Waals surface area contributed by atoms with E-state index in [1.807, 2.05) is 14.1 Å². The minimum Gasteiger partial charge on any atom is -0.347 e. The van der Waals surface area contributed by atoms with E-state index < -0.39 is 11.7 Å². The summed E-state index contributed by atoms with van der Waals surface area (Å²) in [6, 6.07) is 3.02. The van der Waals surface area contributed by atoms with Crippen molar-refractivity contribution in [2.75, 3.05) is 19.0 Å². The number of halogens is 1. The Balaban J connectivity index is 2.04. The third-order valence-electron chi connectivity index (χ3n) is 2.55. The third kappa shape index (κ3) is 3.25. The van der Waals surface area contributed by atoms with Crippen LogP contribution in [0.3, 0.4) is 0 Å². The topological polar surface area (TPSA) is 71.0 Å². The van der Waals surface area contributed by atoms with Crippen molar-refractivity contribution in [3.63, 3.8) is 0 Å². The van der Waals surface area contributed by atoms with Gasteiger partial charge in [0.25, 0.3) is 5.91 Å². The smallest absolute Gasteiger partial charge is 0.254 e. The van der Waals surface area contributed by atoms with Gasteiger partial charge in [-0.05, 0) is 12.1 Å². The van der Waals surface area contributed by atoms with Crippen LogP contribution in [0.4, 0.5) is 10.3 Å². The molecule has 0 saturated carbocycles. The van der Waals surface area contributed by atoms with Crippen LogP contribution in [0.25, 0.3) is 0 Å². The van der Waals surface area contributed by atoms with Gasteiger partial charge in [-0.1, -0.05) is 0 Å². The number of anilines is 1. The van der Waals surface area contributed by atoms with Crippen LogP contribution in [-0.4, -0.2) is 35.0 Å². The Hall–Kier alpha value is -2.57. The Morgan fingerprint density at radius 3 is 2.85 bits per heavy atom. The van der Waals surface area contributed by atoms with Crippen molar-refractivity contribution in [1.29, 1.82) is 0 Å². The number of pyridine rings is 1. The summed E-state index contributed by atoms with van der Waals surface area (Å²) in [5, 5.41) is 2.61. The molecule has 0 aromatic carbocycles. The average molecular weight is 275 g/mol. The van der Waals surface area contributed by atoms with Crippen molar-refractivity contribution in [3.8, 4) is 0 Å². The summed E-state index contributed by atoms with van der Waals surface area (Å²) in [5.41, 5.74) is 0.605. The highest BCUT2D eigenvalue weighted by Crippen LogP contribution is 2.06. The number of aromatic nitrogens is 3. The summed E-state index contributed by atoms with van der Waals surface area (Å²) in [7, 11) is 3.65. The minimum atomic E-state index is -0.651. The predicted molar refractivity (Wildman–Crippen MR) is 71.7 cm³/mol. The highest BCUT2D eigenvalue weighted by atomic mass is 19.1. The highest BCUT2D eigenvalue weighted by Gasteiger charge is 2.11. The molecule has 0 aliphatic carbocycles. The maximum atomic E-state index is 13.4. The van der Waals surface area contributed by atoms with Gasteiger partial charge in [-0.2, -0.15) is 0 Å². The van der Waals surface area contributed by atoms with Crippen molar-refractivity contribution in [2.45, 2.75) is 6.54 Å². The maximum Gasteiger partial charge on any atom is 0.254 e. The van der Waals surface area contributed by atoms with E-state index in [-0.39, 0.29) is 12.1 Å². The minimum absolute atomic E-state index is 0.0399. The van der Waals surface area contributed by atoms with Gasteiger partial charge in [0.1, 0.15) is 0 Å². The lowest BCUT2D eigenvalue weighted by molar-refractivity contribution is 0.0946. The van der Waals surface area contributed by atoms with E-state index in [1.54, 1.807) is 17.2 Å². The summed E-state index contributed by atoms with van der Waals surface area (Å²) >= 11 is 0. The van der Waals surface area contributed by atoms with Crippen LogP contribution in [-0.2, 0) is 6.54 Å². The van der Waals surface area contributed by atoms with Gasteiger partial charge < -0.3 is 10.2 Å². The Labute approximate surface area is 115 Å². The van der Waals surface area contributed by atoms with Crippen LogP contribution < -0.4 is 10.2 Å². The van der Waals surface area contributed by atoms with Crippen LogP contribution >= 0.6 is 0 Å². The van der Waals surface area contributed by atoms with E-state index >= 15 is 0 Å². The molecule has 2 heterocycles. The molecule has 0 fully saturated rings. The number of carbonyl (C=O) groups is 1. The molecular formula is C13H14FN5O. The Kier molecular flexibility index (Phi) is 4.19. The highest BCUT2D eigenvalue weighted by molar-refractivity contribution is 5.94. The molecule has 7 heteroatoms. The molecule has 6 nitrogen and oxygen atoms in total. The van der Waals surface area contributed by atoms with Gasteiger partial charge in [-0.15, -0.1) is 0 Å². The number of amides is 1. The lowest BCUT2D eigenvalue weighted by atomic mass is 10.2. The van der Waals surface area contributed by atoms with Crippen molar-refractivity contribution in [1.82, 2.24) is 20.3 Å². The second-order valence-corrected chi connectivity index (χ2v) is 4.28. The molecule has 0 bridgehead atoms. The molecule has 104 valence electrons. The number of carbonyl (C=O) groups excluding carboxylic acids is 1. The zero-order chi connectivity index (χ0) is 14.5. The molecule has 0 aliphatic heterocycles. The number of nitrogens with one attached hydrogen (secondary N) is 1. The zero-order valence-corrected chi connectivity index (χ0v) is 11.2. The Morgan fingerprint density at radius 1 is 1.35 bits per heavy atom. The zero-order valence-electron chi connectivity index (χ0n) is 11.2. The summed E-state index contributed by atoms with van der Waals surface area (Å²) < 4.78 is 13.4. The second-order valence-electron chi connectivity index (χ2n) is 4.28. The van der Waals surface area contributed by atoms with E-state index in [9.17, 15) is 9.18 Å². The maximum absolute atomic E-state index is 13.4. The number of hydrogen-bond donors (Lipinski definition) is 1. The first-order valence-electron chi connectivity index (χ1n) is 5.95. The number of nitrogens with zero attached hydrogens (tertiary/aromatic N) is 4. The van der Waals surface area contributed by atoms with Crippen molar-refractivity contribution < 1.29 is 9.18 Å². The fourth-order valence-corrected chi connectivity index (χ4v) is 1.52. The molecule has 2 rings (SSSR count). The van der Waals surface area contributed by atoms with E-state index in [1.165, 1.54) is 12.3 Å². The predicted octanol–water partition coefficient (Wildman–Crippen LogP) is 1.01. The van der Waals surface area contributed by atoms with E-state index in [4.69, 9.17) is 0 Å². The first-order valence-corrected chi connectivity index (χ1v) is 5.95. The van der Waals surface area contributed by atoms with Gasteiger partial charge in [0.05, 0.1) is 24.0 Å². The fourth-order valence-electron chi connectivity index (χ4n) is 1.52. The summed E-state index contributed by atoms with van der Waals surface area (Å²) in [4.78, 5) is 25.5. The fraction of sp³-hybridized carbons (Fsp3) is 0.231.